The second-order valence-corrected chi connectivity index (χ2v) is 21.5. The lowest BCUT2D eigenvalue weighted by Crippen LogP contribution is -2.64. The average Bonchev–Trinajstić information content (AvgIpc) is 3.39. The van der Waals surface area contributed by atoms with Gasteiger partial charge in [-0.05, 0) is 106 Å². The molecule has 66 heavy (non-hydrogen) atoms. The van der Waals surface area contributed by atoms with Crippen molar-refractivity contribution in [3.05, 3.63) is 47.7 Å². The number of carbonyl (C=O) groups excluding carboxylic acids is 3. The molecule has 0 aromatic rings. The lowest BCUT2D eigenvalue weighted by atomic mass is 9.43. The maximum atomic E-state index is 13.9. The van der Waals surface area contributed by atoms with Crippen molar-refractivity contribution in [2.45, 2.75) is 135 Å². The third-order valence-corrected chi connectivity index (χ3v) is 16.0. The minimum atomic E-state index is -5.59. The summed E-state index contributed by atoms with van der Waals surface area (Å²) in [5.41, 5.74) is 0.0614. The zero-order chi connectivity index (χ0) is 48.3. The predicted molar refractivity (Wildman–Crippen MR) is 228 cm³/mol. The lowest BCUT2D eigenvalue weighted by Gasteiger charge is -2.62. The number of ether oxygens (including phenoxy) is 5. The molecule has 22 heteroatoms. The number of likely N-dealkylation sites (N-methyl/N-ethyl adjacent to an activating group) is 1. The number of esters is 3. The molecule has 1 spiro atoms. The van der Waals surface area contributed by atoms with E-state index in [2.05, 4.69) is 6.58 Å². The van der Waals surface area contributed by atoms with Gasteiger partial charge < -0.3 is 38.8 Å². The van der Waals surface area contributed by atoms with Crippen LogP contribution in [0, 0.1) is 46.3 Å². The number of carboxylic acids is 1. The van der Waals surface area contributed by atoms with Gasteiger partial charge in [0.1, 0.15) is 24.9 Å². The van der Waals surface area contributed by atoms with Crippen molar-refractivity contribution >= 4 is 44.7 Å². The molecule has 4 saturated carbocycles. The highest BCUT2D eigenvalue weighted by molar-refractivity contribution is 7.81. The molecule has 0 radical (unpaired) electrons. The molecule has 0 aromatic heterocycles. The Morgan fingerprint density at radius 1 is 1.00 bits per heavy atom. The Morgan fingerprint density at radius 2 is 1.68 bits per heavy atom. The Morgan fingerprint density at radius 3 is 2.32 bits per heavy atom. The highest BCUT2D eigenvalue weighted by atomic mass is 32.3. The summed E-state index contributed by atoms with van der Waals surface area (Å²) in [5.74, 6) is -6.52. The lowest BCUT2D eigenvalue weighted by molar-refractivity contribution is -0.316. The van der Waals surface area contributed by atoms with Crippen LogP contribution in [0.4, 0.5) is 0 Å². The SMILES string of the molecule is C=C1[C@@H]2CC[C@H]3[C@]4(C)C[C@H](O[C@@H]5O[C@H](COC(=O)C6=CC(=O)OC7C=C(N(CC)CC)C=CC67)[C@@H](OS(=O)(=O)O)[C@H](OS(=O)(=O)O)[C@H]5OC(=O)CC(C)C)C[C@@H](C(=O)O)[C@H]4CC[C@]3(C2)[C@@H]1O. The van der Waals surface area contributed by atoms with Gasteiger partial charge >= 0.3 is 44.7 Å². The van der Waals surface area contributed by atoms with E-state index >= 15 is 0 Å². The van der Waals surface area contributed by atoms with Crippen molar-refractivity contribution < 1.29 is 87.4 Å². The van der Waals surface area contributed by atoms with Crippen LogP contribution in [0.25, 0.3) is 0 Å². The summed E-state index contributed by atoms with van der Waals surface area (Å²) >= 11 is 0. The largest absolute Gasteiger partial charge is 0.481 e. The number of fused-ring (bicyclic) bond motifs is 4. The number of aliphatic carboxylic acids is 1. The molecule has 0 amide bonds. The van der Waals surface area contributed by atoms with Crippen molar-refractivity contribution in [1.82, 2.24) is 4.90 Å². The molecule has 4 N–H and O–H groups in total. The third-order valence-electron chi connectivity index (χ3n) is 15.1. The summed E-state index contributed by atoms with van der Waals surface area (Å²) in [5, 5.41) is 22.3. The van der Waals surface area contributed by atoms with Crippen LogP contribution in [0.2, 0.25) is 0 Å². The van der Waals surface area contributed by atoms with E-state index in [1.807, 2.05) is 25.7 Å². The molecule has 7 rings (SSSR count). The number of aliphatic hydroxyl groups excluding tert-OH is 1. The minimum Gasteiger partial charge on any atom is -0.481 e. The van der Waals surface area contributed by atoms with Crippen molar-refractivity contribution in [2.75, 3.05) is 19.7 Å². The molecule has 2 unspecified atom stereocenters. The number of carboxylic acid groups (broad SMARTS) is 1. The Balaban J connectivity index is 1.23. The Kier molecular flexibility index (Phi) is 14.4. The van der Waals surface area contributed by atoms with Crippen LogP contribution in [-0.2, 0) is 72.0 Å². The van der Waals surface area contributed by atoms with Gasteiger partial charge in [0.25, 0.3) is 0 Å². The molecule has 2 aliphatic heterocycles. The number of allylic oxidation sites excluding steroid dienone is 1. The number of carbonyl (C=O) groups is 4. The second kappa shape index (κ2) is 19.0. The highest BCUT2D eigenvalue weighted by Gasteiger charge is 2.67. The molecule has 0 aromatic carbocycles. The molecule has 2 heterocycles. The van der Waals surface area contributed by atoms with Gasteiger partial charge in [0, 0.05) is 36.7 Å². The summed E-state index contributed by atoms with van der Waals surface area (Å²) in [6.07, 6.45) is -4.33. The van der Waals surface area contributed by atoms with Crippen molar-refractivity contribution in [3.63, 3.8) is 0 Å². The minimum absolute atomic E-state index is 0.0983. The second-order valence-electron chi connectivity index (χ2n) is 19.4. The summed E-state index contributed by atoms with van der Waals surface area (Å²) in [7, 11) is -11.2. The van der Waals surface area contributed by atoms with Gasteiger partial charge in [-0.3, -0.25) is 18.7 Å². The number of rotatable bonds is 16. The average molecular weight is 972 g/mol. The topological polar surface area (TPSA) is 285 Å². The van der Waals surface area contributed by atoms with Crippen LogP contribution >= 0.6 is 0 Å². The van der Waals surface area contributed by atoms with Crippen LogP contribution < -0.4 is 0 Å². The number of hydrogen-bond acceptors (Lipinski definition) is 17. The van der Waals surface area contributed by atoms with Gasteiger partial charge in [-0.15, -0.1) is 0 Å². The van der Waals surface area contributed by atoms with Gasteiger partial charge in [-0.1, -0.05) is 33.4 Å². The molecule has 7 aliphatic rings. The maximum absolute atomic E-state index is 13.9. The first-order valence-electron chi connectivity index (χ1n) is 22.5. The Labute approximate surface area is 384 Å². The first-order chi connectivity index (χ1) is 30.9. The van der Waals surface area contributed by atoms with E-state index in [0.29, 0.717) is 38.8 Å². The molecular formula is C44H61NO19S2. The van der Waals surface area contributed by atoms with E-state index in [0.717, 1.165) is 23.8 Å². The van der Waals surface area contributed by atoms with Crippen LogP contribution in [0.15, 0.2) is 47.7 Å². The zero-order valence-corrected chi connectivity index (χ0v) is 39.2. The fourth-order valence-corrected chi connectivity index (χ4v) is 13.5. The molecule has 368 valence electrons. The van der Waals surface area contributed by atoms with E-state index in [4.69, 9.17) is 32.1 Å². The monoisotopic (exact) mass is 971 g/mol. The van der Waals surface area contributed by atoms with E-state index in [-0.39, 0.29) is 48.5 Å². The quantitative estimate of drug-likeness (QED) is 0.0566. The predicted octanol–water partition coefficient (Wildman–Crippen LogP) is 3.48. The van der Waals surface area contributed by atoms with Crippen LogP contribution in [-0.4, -0.2) is 134 Å². The van der Waals surface area contributed by atoms with Crippen molar-refractivity contribution in [1.29, 1.82) is 0 Å². The molecule has 15 atom stereocenters. The van der Waals surface area contributed by atoms with E-state index in [1.165, 1.54) is 0 Å². The fraction of sp³-hybridized carbons (Fsp3) is 0.727. The summed E-state index contributed by atoms with van der Waals surface area (Å²) in [4.78, 5) is 55.2. The van der Waals surface area contributed by atoms with Crippen molar-refractivity contribution in [2.24, 2.45) is 46.3 Å². The summed E-state index contributed by atoms with van der Waals surface area (Å²) in [6, 6.07) is 0. The number of hydrogen-bond donors (Lipinski definition) is 4. The smallest absolute Gasteiger partial charge is 0.397 e. The van der Waals surface area contributed by atoms with Gasteiger partial charge in [-0.2, -0.15) is 16.8 Å². The Bertz CT molecular complexity index is 2260. The normalized spacial score (nSPS) is 38.5. The van der Waals surface area contributed by atoms with Gasteiger partial charge in [-0.25, -0.2) is 18.0 Å². The third kappa shape index (κ3) is 10.0. The van der Waals surface area contributed by atoms with Gasteiger partial charge in [0.2, 0.25) is 0 Å². The number of aliphatic hydroxyl groups is 1. The highest BCUT2D eigenvalue weighted by Crippen LogP contribution is 2.70. The summed E-state index contributed by atoms with van der Waals surface area (Å²) < 4.78 is 109. The fourth-order valence-electron chi connectivity index (χ4n) is 12.5. The van der Waals surface area contributed by atoms with E-state index < -0.39 is 123 Å². The standard InChI is InChI=1S/C44H61NO19S2/c1-7-45(8-2)25-10-11-27-28(18-35(47)60-31(27)16-25)41(51)58-21-32-36(63-65(52,53)54)37(64-66(55,56)57)38(62-34(46)15-22(3)4)42(61-32)59-26-17-29(40(49)50)30-13-14-44-19-24(23(5)39(44)48)9-12-33(44)43(30,6)20-26/h10-11,16,18,22,24,26-27,29-33,36-39,42,48H,5,7-9,12-15,17,19-21H2,1-4,6H3,(H,49,50)(H,52,53,54)(H,55,56,57)/t24-,26-,27?,29-,30-,31?,32-,33+,36-,37+,38-,39-,42-,43-,44-/m1/s1. The van der Waals surface area contributed by atoms with E-state index in [9.17, 15) is 55.3 Å². The van der Waals surface area contributed by atoms with Crippen LogP contribution in [0.3, 0.4) is 0 Å². The first kappa shape index (κ1) is 50.1. The number of nitrogens with zero attached hydrogens (tertiary/aromatic N) is 1. The first-order valence-corrected chi connectivity index (χ1v) is 25.3. The van der Waals surface area contributed by atoms with Crippen LogP contribution in [0.5, 0.6) is 0 Å². The molecular weight excluding hydrogens is 911 g/mol. The maximum Gasteiger partial charge on any atom is 0.397 e. The molecule has 5 aliphatic carbocycles. The molecule has 5 fully saturated rings. The molecule has 20 nitrogen and oxygen atoms in total. The molecule has 2 bridgehead atoms. The van der Waals surface area contributed by atoms with Crippen LogP contribution in [0.1, 0.15) is 86.0 Å². The Hall–Kier alpha value is -3.74. The van der Waals surface area contributed by atoms with Gasteiger partial charge in [0.15, 0.2) is 18.5 Å². The van der Waals surface area contributed by atoms with E-state index in [1.54, 1.807) is 32.1 Å². The molecule has 1 saturated heterocycles. The zero-order valence-electron chi connectivity index (χ0n) is 37.6. The van der Waals surface area contributed by atoms with Gasteiger partial charge in [0.05, 0.1) is 29.6 Å². The van der Waals surface area contributed by atoms with Crippen molar-refractivity contribution in [3.8, 4) is 0 Å². The summed E-state index contributed by atoms with van der Waals surface area (Å²) in [6.45, 7) is 13.7.